The van der Waals surface area contributed by atoms with Crippen LogP contribution >= 0.6 is 15.9 Å². The molecule has 2 aromatic heterocycles. The molecule has 0 amide bonds. The van der Waals surface area contributed by atoms with Crippen LogP contribution in [0.2, 0.25) is 0 Å². The Morgan fingerprint density at radius 1 is 1.60 bits per heavy atom. The predicted molar refractivity (Wildman–Crippen MR) is 41.6 cm³/mol. The molecule has 0 bridgehead atoms. The fourth-order valence-corrected chi connectivity index (χ4v) is 1.04. The normalized spacial score (nSPS) is 14.7. The fraction of sp³-hybridized carbons (Fsp3) is 0. The topological polar surface area (TPSA) is 41.6 Å². The quantitative estimate of drug-likeness (QED) is 0.704. The number of fused-ring (bicyclic) bond motifs is 1. The van der Waals surface area contributed by atoms with Crippen molar-refractivity contribution >= 4 is 27.1 Å². The number of hydrogen-bond acceptors (Lipinski definition) is 2. The molecular weight excluding hydrogens is 194 g/mol. The lowest BCUT2D eigenvalue weighted by Crippen LogP contribution is -1.75. The molecule has 0 aromatic carbocycles. The van der Waals surface area contributed by atoms with Crippen LogP contribution in [0.4, 0.5) is 0 Å². The average Bonchev–Trinajstić information content (AvgIpc) is 2.42. The van der Waals surface area contributed by atoms with Gasteiger partial charge in [-0.1, -0.05) is 0 Å². The third kappa shape index (κ3) is 0.724. The molecule has 2 heterocycles. The number of halogens is 1. The molecule has 4 heteroatoms. The summed E-state index contributed by atoms with van der Waals surface area (Å²) in [6.45, 7) is 0. The van der Waals surface area contributed by atoms with Crippen molar-refractivity contribution < 1.29 is 4.11 Å². The van der Waals surface area contributed by atoms with Crippen molar-refractivity contribution in [2.45, 2.75) is 0 Å². The molecule has 0 saturated carbocycles. The maximum atomic E-state index is 7.43. The summed E-state index contributed by atoms with van der Waals surface area (Å²) >= 11 is 3.14. The number of aromatic amines is 1. The molecule has 0 aliphatic rings. The Kier molecular flexibility index (Phi) is 0.715. The Hall–Kier alpha value is -0.900. The lowest BCUT2D eigenvalue weighted by Gasteiger charge is -1.88. The van der Waals surface area contributed by atoms with Crippen molar-refractivity contribution in [1.82, 2.24) is 15.0 Å². The molecule has 0 saturated heterocycles. The van der Waals surface area contributed by atoms with Crippen LogP contribution in [-0.2, 0) is 0 Å². The number of nitrogens with one attached hydrogen (secondary N) is 1. The lowest BCUT2D eigenvalue weighted by molar-refractivity contribution is 1.30. The standard InChI is InChI=1S/C6H4BrN3/c7-4-1-2-8-6-5(4)9-3-10-6/h1-3H,(H,8,9,10)/i1D,2D,3D. The maximum Gasteiger partial charge on any atom is 0.178 e. The van der Waals surface area contributed by atoms with Gasteiger partial charge in [-0.05, 0) is 22.0 Å². The molecule has 10 heavy (non-hydrogen) atoms. The molecule has 0 aliphatic heterocycles. The zero-order chi connectivity index (χ0) is 9.59. The summed E-state index contributed by atoms with van der Waals surface area (Å²) in [4.78, 5) is 10.1. The van der Waals surface area contributed by atoms with Gasteiger partial charge in [0.2, 0.25) is 0 Å². The molecule has 50 valence electrons. The van der Waals surface area contributed by atoms with Crippen molar-refractivity contribution in [3.8, 4) is 0 Å². The van der Waals surface area contributed by atoms with Crippen LogP contribution in [-0.4, -0.2) is 15.0 Å². The Morgan fingerprint density at radius 3 is 3.40 bits per heavy atom. The first kappa shape index (κ1) is 3.48. The van der Waals surface area contributed by atoms with Gasteiger partial charge in [0.05, 0.1) is 14.6 Å². The van der Waals surface area contributed by atoms with Crippen molar-refractivity contribution in [1.29, 1.82) is 0 Å². The number of nitrogens with zero attached hydrogens (tertiary/aromatic N) is 2. The van der Waals surface area contributed by atoms with Gasteiger partial charge in [0.15, 0.2) is 5.65 Å². The molecule has 0 atom stereocenters. The van der Waals surface area contributed by atoms with E-state index in [4.69, 9.17) is 4.11 Å². The Bertz CT molecular complexity index is 481. The molecule has 0 aliphatic carbocycles. The van der Waals surface area contributed by atoms with Gasteiger partial charge in [-0.25, -0.2) is 9.97 Å². The predicted octanol–water partition coefficient (Wildman–Crippen LogP) is 1.72. The first-order valence-corrected chi connectivity index (χ1v) is 3.38. The number of pyridine rings is 1. The molecule has 0 unspecified atom stereocenters. The van der Waals surface area contributed by atoms with E-state index in [0.717, 1.165) is 0 Å². The van der Waals surface area contributed by atoms with Gasteiger partial charge in [0, 0.05) is 10.6 Å². The Morgan fingerprint density at radius 2 is 2.50 bits per heavy atom. The van der Waals surface area contributed by atoms with Crippen molar-refractivity contribution in [3.63, 3.8) is 0 Å². The first-order valence-electron chi connectivity index (χ1n) is 4.08. The smallest absolute Gasteiger partial charge is 0.178 e. The van der Waals surface area contributed by atoms with Gasteiger partial charge in [0.25, 0.3) is 0 Å². The largest absolute Gasteiger partial charge is 0.342 e. The maximum absolute atomic E-state index is 7.43. The number of H-pyrrole nitrogens is 1. The summed E-state index contributed by atoms with van der Waals surface area (Å²) in [7, 11) is 0. The van der Waals surface area contributed by atoms with Crippen LogP contribution in [0.5, 0.6) is 0 Å². The number of aromatic nitrogens is 3. The summed E-state index contributed by atoms with van der Waals surface area (Å²) in [5, 5.41) is 0. The number of imidazole rings is 1. The molecule has 0 fully saturated rings. The van der Waals surface area contributed by atoms with E-state index in [1.807, 2.05) is 0 Å². The van der Waals surface area contributed by atoms with Crippen molar-refractivity contribution in [2.75, 3.05) is 0 Å². The highest BCUT2D eigenvalue weighted by molar-refractivity contribution is 9.10. The van der Waals surface area contributed by atoms with Crippen LogP contribution in [0.3, 0.4) is 0 Å². The monoisotopic (exact) mass is 200 g/mol. The number of hydrogen-bond donors (Lipinski definition) is 1. The van der Waals surface area contributed by atoms with Crippen LogP contribution < -0.4 is 0 Å². The zero-order valence-electron chi connectivity index (χ0n) is 7.77. The van der Waals surface area contributed by atoms with Gasteiger partial charge in [0.1, 0.15) is 1.37 Å². The van der Waals surface area contributed by atoms with Gasteiger partial charge in [-0.2, -0.15) is 0 Å². The Balaban J connectivity index is 2.92. The van der Waals surface area contributed by atoms with Crippen molar-refractivity contribution in [2.24, 2.45) is 0 Å². The van der Waals surface area contributed by atoms with E-state index in [2.05, 4.69) is 30.9 Å². The summed E-state index contributed by atoms with van der Waals surface area (Å²) in [5.41, 5.74) is 0.781. The third-order valence-electron chi connectivity index (χ3n) is 1.11. The van der Waals surface area contributed by atoms with Crippen LogP contribution in [0.1, 0.15) is 4.11 Å². The second-order valence-electron chi connectivity index (χ2n) is 1.71. The van der Waals surface area contributed by atoms with E-state index in [9.17, 15) is 0 Å². The molecule has 0 radical (unpaired) electrons. The molecular formula is C6H4BrN3. The van der Waals surface area contributed by atoms with Crippen molar-refractivity contribution in [3.05, 3.63) is 23.0 Å². The zero-order valence-corrected chi connectivity index (χ0v) is 6.36. The highest BCUT2D eigenvalue weighted by Gasteiger charge is 1.98. The van der Waals surface area contributed by atoms with Gasteiger partial charge in [-0.15, -0.1) is 0 Å². The second kappa shape index (κ2) is 2.05. The molecule has 2 rings (SSSR count). The van der Waals surface area contributed by atoms with Gasteiger partial charge in [-0.3, -0.25) is 0 Å². The Labute approximate surface area is 69.8 Å². The molecule has 2 aromatic rings. The van der Waals surface area contributed by atoms with Crippen LogP contribution in [0.15, 0.2) is 23.0 Å². The van der Waals surface area contributed by atoms with E-state index in [-0.39, 0.29) is 24.2 Å². The van der Waals surface area contributed by atoms with Gasteiger partial charge >= 0.3 is 0 Å². The SMILES string of the molecule is [2H]c1nc2nc([2H])c([2H])c(Br)c2[nH]1. The van der Waals surface area contributed by atoms with Gasteiger partial charge < -0.3 is 4.98 Å². The molecule has 0 spiro atoms. The van der Waals surface area contributed by atoms with E-state index in [1.165, 1.54) is 0 Å². The fourth-order valence-electron chi connectivity index (χ4n) is 0.675. The minimum Gasteiger partial charge on any atom is -0.342 e. The molecule has 1 N–H and O–H groups in total. The third-order valence-corrected chi connectivity index (χ3v) is 1.71. The summed E-state index contributed by atoms with van der Waals surface area (Å²) in [6, 6.07) is -0.00356. The minimum absolute atomic E-state index is 0.00356. The highest BCUT2D eigenvalue weighted by atomic mass is 79.9. The summed E-state index contributed by atoms with van der Waals surface area (Å²) in [6.07, 6.45) is -0.168. The minimum atomic E-state index is -0.147. The average molecular weight is 201 g/mol. The van der Waals surface area contributed by atoms with E-state index in [1.54, 1.807) is 0 Å². The van der Waals surface area contributed by atoms with Crippen LogP contribution in [0.25, 0.3) is 11.2 Å². The van der Waals surface area contributed by atoms with E-state index < -0.39 is 0 Å². The van der Waals surface area contributed by atoms with E-state index in [0.29, 0.717) is 9.99 Å². The first-order chi connectivity index (χ1) is 6.09. The summed E-state index contributed by atoms with van der Waals surface area (Å²) < 4.78 is 22.4. The second-order valence-corrected chi connectivity index (χ2v) is 2.50. The van der Waals surface area contributed by atoms with E-state index >= 15 is 0 Å². The summed E-state index contributed by atoms with van der Waals surface area (Å²) in [5.74, 6) is 0. The van der Waals surface area contributed by atoms with Crippen LogP contribution in [0, 0.1) is 0 Å². The highest BCUT2D eigenvalue weighted by Crippen LogP contribution is 2.17. The number of rotatable bonds is 0. The molecule has 3 nitrogen and oxygen atoms in total. The lowest BCUT2D eigenvalue weighted by atomic mass is 10.4.